The predicted molar refractivity (Wildman–Crippen MR) is 105 cm³/mol. The molecule has 1 fully saturated rings. The van der Waals surface area contributed by atoms with Crippen molar-refractivity contribution in [1.82, 2.24) is 20.0 Å². The minimum atomic E-state index is -1.09. The summed E-state index contributed by atoms with van der Waals surface area (Å²) < 4.78 is 11.0. The molecule has 0 bridgehead atoms. The van der Waals surface area contributed by atoms with Gasteiger partial charge in [0, 0.05) is 24.5 Å². The van der Waals surface area contributed by atoms with Gasteiger partial charge in [-0.1, -0.05) is 23.4 Å². The van der Waals surface area contributed by atoms with Gasteiger partial charge in [-0.15, -0.1) is 0 Å². The molecule has 1 saturated heterocycles. The number of aromatic nitrogens is 3. The minimum absolute atomic E-state index is 0.0337. The van der Waals surface area contributed by atoms with E-state index in [1.54, 1.807) is 17.0 Å². The first-order valence-electron chi connectivity index (χ1n) is 9.61. The number of pyridine rings is 1. The van der Waals surface area contributed by atoms with Gasteiger partial charge in [-0.05, 0) is 37.5 Å². The Morgan fingerprint density at radius 2 is 2.03 bits per heavy atom. The van der Waals surface area contributed by atoms with Gasteiger partial charge in [0.1, 0.15) is 11.8 Å². The SMILES string of the molecule is O=C(O)c1cncc(-c2noc([C@H]3CCCCN3C(=O)COc3ccccc3)n2)c1. The highest BCUT2D eigenvalue weighted by atomic mass is 16.5. The van der Waals surface area contributed by atoms with Crippen molar-refractivity contribution in [1.29, 1.82) is 0 Å². The molecule has 3 aromatic rings. The van der Waals surface area contributed by atoms with Gasteiger partial charge >= 0.3 is 5.97 Å². The normalized spacial score (nSPS) is 16.3. The van der Waals surface area contributed by atoms with E-state index in [1.807, 2.05) is 18.2 Å². The lowest BCUT2D eigenvalue weighted by Crippen LogP contribution is -2.41. The molecule has 9 heteroatoms. The fourth-order valence-corrected chi connectivity index (χ4v) is 3.40. The molecule has 1 N–H and O–H groups in total. The Morgan fingerprint density at radius 1 is 1.20 bits per heavy atom. The minimum Gasteiger partial charge on any atom is -0.484 e. The van der Waals surface area contributed by atoms with Crippen molar-refractivity contribution in [3.8, 4) is 17.1 Å². The maximum absolute atomic E-state index is 12.8. The van der Waals surface area contributed by atoms with Crippen LogP contribution in [0.4, 0.5) is 0 Å². The van der Waals surface area contributed by atoms with E-state index in [0.717, 1.165) is 12.8 Å². The topological polar surface area (TPSA) is 119 Å². The summed E-state index contributed by atoms with van der Waals surface area (Å²) in [6, 6.07) is 10.2. The zero-order valence-corrected chi connectivity index (χ0v) is 16.1. The van der Waals surface area contributed by atoms with Crippen LogP contribution in [0.3, 0.4) is 0 Å². The summed E-state index contributed by atoms with van der Waals surface area (Å²) in [5.74, 6) is -0.0590. The number of aromatic carboxylic acids is 1. The lowest BCUT2D eigenvalue weighted by molar-refractivity contribution is -0.138. The molecule has 0 saturated carbocycles. The van der Waals surface area contributed by atoms with Crippen LogP contribution in [-0.4, -0.2) is 50.2 Å². The molecule has 0 radical (unpaired) electrons. The highest BCUT2D eigenvalue weighted by molar-refractivity contribution is 5.88. The Morgan fingerprint density at radius 3 is 2.83 bits per heavy atom. The molecule has 4 rings (SSSR count). The number of hydrogen-bond acceptors (Lipinski definition) is 7. The molecule has 9 nitrogen and oxygen atoms in total. The van der Waals surface area contributed by atoms with E-state index in [0.29, 0.717) is 30.2 Å². The second kappa shape index (κ2) is 8.73. The monoisotopic (exact) mass is 408 g/mol. The molecule has 1 aliphatic heterocycles. The van der Waals surface area contributed by atoms with Crippen LogP contribution in [0.5, 0.6) is 5.75 Å². The van der Waals surface area contributed by atoms with Gasteiger partial charge in [0.15, 0.2) is 6.61 Å². The number of rotatable bonds is 6. The van der Waals surface area contributed by atoms with E-state index in [1.165, 1.54) is 18.5 Å². The summed E-state index contributed by atoms with van der Waals surface area (Å²) in [6.45, 7) is 0.501. The molecule has 154 valence electrons. The molecular weight excluding hydrogens is 388 g/mol. The third-order valence-electron chi connectivity index (χ3n) is 4.90. The second-order valence-electron chi connectivity index (χ2n) is 6.92. The van der Waals surface area contributed by atoms with Crippen molar-refractivity contribution in [2.75, 3.05) is 13.2 Å². The second-order valence-corrected chi connectivity index (χ2v) is 6.92. The smallest absolute Gasteiger partial charge is 0.337 e. The molecular formula is C21H20N4O5. The number of carbonyl (C=O) groups is 2. The van der Waals surface area contributed by atoms with Crippen LogP contribution in [0.25, 0.3) is 11.4 Å². The average molecular weight is 408 g/mol. The molecule has 0 aliphatic carbocycles. The van der Waals surface area contributed by atoms with Crippen molar-refractivity contribution < 1.29 is 24.0 Å². The lowest BCUT2D eigenvalue weighted by atomic mass is 10.0. The Balaban J connectivity index is 1.50. The van der Waals surface area contributed by atoms with E-state index < -0.39 is 5.97 Å². The van der Waals surface area contributed by atoms with E-state index in [9.17, 15) is 9.59 Å². The number of para-hydroxylation sites is 1. The van der Waals surface area contributed by atoms with Crippen LogP contribution in [-0.2, 0) is 4.79 Å². The van der Waals surface area contributed by atoms with Gasteiger partial charge in [-0.25, -0.2) is 4.79 Å². The number of piperidine rings is 1. The average Bonchev–Trinajstić information content (AvgIpc) is 3.28. The predicted octanol–water partition coefficient (Wildman–Crippen LogP) is 2.96. The molecule has 3 heterocycles. The third kappa shape index (κ3) is 4.29. The number of carbonyl (C=O) groups excluding carboxylic acids is 1. The first-order valence-corrected chi connectivity index (χ1v) is 9.61. The van der Waals surface area contributed by atoms with Gasteiger partial charge in [0.2, 0.25) is 11.7 Å². The zero-order chi connectivity index (χ0) is 20.9. The lowest BCUT2D eigenvalue weighted by Gasteiger charge is -2.33. The van der Waals surface area contributed by atoms with Crippen molar-refractivity contribution in [2.24, 2.45) is 0 Å². The quantitative estimate of drug-likeness (QED) is 0.661. The van der Waals surface area contributed by atoms with Crippen LogP contribution in [0.15, 0.2) is 53.3 Å². The molecule has 2 aromatic heterocycles. The van der Waals surface area contributed by atoms with E-state index in [-0.39, 0.29) is 29.9 Å². The Kier molecular flexibility index (Phi) is 5.69. The van der Waals surface area contributed by atoms with Crippen molar-refractivity contribution >= 4 is 11.9 Å². The molecule has 0 unspecified atom stereocenters. The van der Waals surface area contributed by atoms with Crippen molar-refractivity contribution in [3.05, 3.63) is 60.2 Å². The molecule has 1 aliphatic rings. The van der Waals surface area contributed by atoms with Gasteiger partial charge < -0.3 is 19.3 Å². The third-order valence-corrected chi connectivity index (χ3v) is 4.90. The molecule has 30 heavy (non-hydrogen) atoms. The summed E-state index contributed by atoms with van der Waals surface area (Å²) in [6.07, 6.45) is 5.24. The van der Waals surface area contributed by atoms with Crippen LogP contribution < -0.4 is 4.74 Å². The number of likely N-dealkylation sites (tertiary alicyclic amines) is 1. The number of carboxylic acid groups (broad SMARTS) is 1. The number of nitrogens with zero attached hydrogens (tertiary/aromatic N) is 4. The number of benzene rings is 1. The summed E-state index contributed by atoms with van der Waals surface area (Å²) in [5.41, 5.74) is 0.470. The summed E-state index contributed by atoms with van der Waals surface area (Å²) in [7, 11) is 0. The molecule has 1 atom stereocenters. The van der Waals surface area contributed by atoms with Gasteiger partial charge in [-0.3, -0.25) is 9.78 Å². The van der Waals surface area contributed by atoms with Crippen LogP contribution >= 0.6 is 0 Å². The van der Waals surface area contributed by atoms with Crippen molar-refractivity contribution in [2.45, 2.75) is 25.3 Å². The summed E-state index contributed by atoms with van der Waals surface area (Å²) in [4.78, 5) is 34.0. The Bertz CT molecular complexity index is 1040. The fraction of sp³-hybridized carbons (Fsp3) is 0.286. The zero-order valence-electron chi connectivity index (χ0n) is 16.1. The number of amides is 1. The molecule has 0 spiro atoms. The maximum Gasteiger partial charge on any atom is 0.337 e. The van der Waals surface area contributed by atoms with E-state index in [4.69, 9.17) is 14.4 Å². The number of ether oxygens (including phenoxy) is 1. The Hall–Kier alpha value is -3.75. The standard InChI is InChI=1S/C21H20N4O5/c26-18(13-29-16-6-2-1-3-7-16)25-9-5-4-8-17(25)20-23-19(24-30-20)14-10-15(21(27)28)12-22-11-14/h1-3,6-7,10-12,17H,4-5,8-9,13H2,(H,27,28)/t17-/m1/s1. The first-order chi connectivity index (χ1) is 14.6. The van der Waals surface area contributed by atoms with Crippen molar-refractivity contribution in [3.63, 3.8) is 0 Å². The first kappa shape index (κ1) is 19.6. The van der Waals surface area contributed by atoms with E-state index >= 15 is 0 Å². The maximum atomic E-state index is 12.8. The number of carboxylic acids is 1. The highest BCUT2D eigenvalue weighted by Gasteiger charge is 2.32. The number of hydrogen-bond donors (Lipinski definition) is 1. The molecule has 1 aromatic carbocycles. The van der Waals surface area contributed by atoms with Crippen LogP contribution in [0.1, 0.15) is 41.6 Å². The van der Waals surface area contributed by atoms with Gasteiger partial charge in [0.05, 0.1) is 5.56 Å². The van der Waals surface area contributed by atoms with E-state index in [2.05, 4.69) is 15.1 Å². The fourth-order valence-electron chi connectivity index (χ4n) is 3.40. The highest BCUT2D eigenvalue weighted by Crippen LogP contribution is 2.31. The summed E-state index contributed by atoms with van der Waals surface area (Å²) in [5, 5.41) is 13.1. The van der Waals surface area contributed by atoms with Crippen LogP contribution in [0.2, 0.25) is 0 Å². The molecule has 1 amide bonds. The summed E-state index contributed by atoms with van der Waals surface area (Å²) >= 11 is 0. The van der Waals surface area contributed by atoms with Gasteiger partial charge in [0.25, 0.3) is 5.91 Å². The largest absolute Gasteiger partial charge is 0.484 e. The van der Waals surface area contributed by atoms with Crippen LogP contribution in [0, 0.1) is 0 Å². The van der Waals surface area contributed by atoms with Gasteiger partial charge in [-0.2, -0.15) is 4.98 Å². The Labute approximate surface area is 172 Å².